The van der Waals surface area contributed by atoms with Crippen LogP contribution in [0, 0.1) is 0 Å². The Morgan fingerprint density at radius 3 is 1.58 bits per heavy atom. The van der Waals surface area contributed by atoms with Gasteiger partial charge in [-0.3, -0.25) is 5.32 Å². The van der Waals surface area contributed by atoms with Gasteiger partial charge in [0.2, 0.25) is 0 Å². The van der Waals surface area contributed by atoms with Gasteiger partial charge in [0.1, 0.15) is 5.85 Å². The van der Waals surface area contributed by atoms with Crippen molar-refractivity contribution < 1.29 is 71.3 Å². The van der Waals surface area contributed by atoms with Crippen molar-refractivity contribution in [3.8, 4) is 0 Å². The van der Waals surface area contributed by atoms with E-state index in [-0.39, 0.29) is 6.61 Å². The maximum Gasteiger partial charge on any atom is 0.460 e. The van der Waals surface area contributed by atoms with Crippen molar-refractivity contribution in [3.63, 3.8) is 0 Å². The van der Waals surface area contributed by atoms with E-state index in [0.29, 0.717) is 0 Å². The maximum atomic E-state index is 13.5. The molecule has 0 aliphatic rings. The predicted octanol–water partition coefficient (Wildman–Crippen LogP) is 4.84. The highest BCUT2D eigenvalue weighted by Crippen LogP contribution is 2.60. The van der Waals surface area contributed by atoms with E-state index in [9.17, 15) is 61.9 Å². The fraction of sp³-hybridized carbons (Fsp3) is 0.923. The summed E-state index contributed by atoms with van der Waals surface area (Å²) in [6.45, 7) is 1.44. The first-order chi connectivity index (χ1) is 13.5. The Hall–Kier alpha value is -1.46. The summed E-state index contributed by atoms with van der Waals surface area (Å²) in [6, 6.07) is 0. The molecule has 18 heteroatoms. The van der Waals surface area contributed by atoms with Crippen molar-refractivity contribution in [2.75, 3.05) is 13.2 Å². The molecule has 4 nitrogen and oxygen atoms in total. The van der Waals surface area contributed by atoms with Crippen LogP contribution in [0.25, 0.3) is 0 Å². The number of alkyl halides is 13. The lowest BCUT2D eigenvalue weighted by molar-refractivity contribution is -0.440. The van der Waals surface area contributed by atoms with Gasteiger partial charge in [-0.15, -0.1) is 0 Å². The van der Waals surface area contributed by atoms with Crippen LogP contribution in [-0.4, -0.2) is 69.7 Å². The van der Waals surface area contributed by atoms with E-state index in [1.165, 1.54) is 6.92 Å². The molecule has 0 saturated carbocycles. The standard InChI is InChI=1S/C13H16F13NO3Si/c1-4-29-7(31(2)3)27-6(28)30-5-8(14,15)9(16,17)10(18,19)11(20,21)12(22,23)13(24,25)26/h7,31H,4-5H2,1-3H3,(H,27,28). The van der Waals surface area contributed by atoms with Gasteiger partial charge in [-0.05, 0) is 6.92 Å². The topological polar surface area (TPSA) is 47.6 Å². The lowest BCUT2D eigenvalue weighted by atomic mass is 9.94. The molecule has 1 unspecified atom stereocenters. The maximum absolute atomic E-state index is 13.5. The van der Waals surface area contributed by atoms with Gasteiger partial charge in [-0.25, -0.2) is 4.79 Å². The predicted molar refractivity (Wildman–Crippen MR) is 79.6 cm³/mol. The van der Waals surface area contributed by atoms with Crippen LogP contribution in [0.15, 0.2) is 0 Å². The zero-order valence-electron chi connectivity index (χ0n) is 15.7. The largest absolute Gasteiger partial charge is 0.460 e. The molecule has 186 valence electrons. The van der Waals surface area contributed by atoms with Crippen molar-refractivity contribution in [2.24, 2.45) is 0 Å². The minimum absolute atomic E-state index is 0.0287. The third-order valence-corrected chi connectivity index (χ3v) is 5.16. The van der Waals surface area contributed by atoms with E-state index in [4.69, 9.17) is 4.74 Å². The number of carbonyl (C=O) groups is 1. The number of hydrogen-bond acceptors (Lipinski definition) is 3. The number of carbonyl (C=O) groups excluding carboxylic acids is 1. The third-order valence-electron chi connectivity index (χ3n) is 3.59. The van der Waals surface area contributed by atoms with E-state index in [1.807, 2.05) is 0 Å². The van der Waals surface area contributed by atoms with Crippen molar-refractivity contribution in [3.05, 3.63) is 0 Å². The zero-order chi connectivity index (χ0) is 25.3. The van der Waals surface area contributed by atoms with E-state index < -0.39 is 63.1 Å². The number of halogens is 13. The molecule has 1 amide bonds. The lowest BCUT2D eigenvalue weighted by Crippen LogP contribution is -2.70. The minimum Gasteiger partial charge on any atom is -0.443 e. The Bertz CT molecular complexity index is 624. The van der Waals surface area contributed by atoms with Gasteiger partial charge >= 0.3 is 41.9 Å². The highest BCUT2D eigenvalue weighted by molar-refractivity contribution is 6.57. The van der Waals surface area contributed by atoms with Gasteiger partial charge in [0, 0.05) is 6.61 Å². The average molecular weight is 509 g/mol. The molecule has 0 heterocycles. The molecular weight excluding hydrogens is 493 g/mol. The van der Waals surface area contributed by atoms with E-state index in [0.717, 1.165) is 0 Å². The summed E-state index contributed by atoms with van der Waals surface area (Å²) < 4.78 is 176. The fourth-order valence-corrected chi connectivity index (χ4v) is 2.83. The number of nitrogens with one attached hydrogen (secondary N) is 1. The quantitative estimate of drug-likeness (QED) is 0.261. The molecule has 0 fully saturated rings. The molecule has 0 bridgehead atoms. The number of rotatable bonds is 10. The van der Waals surface area contributed by atoms with Crippen LogP contribution in [0.4, 0.5) is 61.9 Å². The molecule has 1 atom stereocenters. The summed E-state index contributed by atoms with van der Waals surface area (Å²) in [6.07, 6.45) is -9.44. The summed E-state index contributed by atoms with van der Waals surface area (Å²) >= 11 is 0. The molecular formula is C13H16F13NO3Si. The van der Waals surface area contributed by atoms with Crippen molar-refractivity contribution in [1.29, 1.82) is 0 Å². The first kappa shape index (κ1) is 29.5. The summed E-state index contributed by atoms with van der Waals surface area (Å²) in [5.74, 6) is -38.9. The SMILES string of the molecule is CCOC(NC(=O)OCC(F)(F)C(F)(F)C(F)(F)C(F)(F)C(F)(F)C(F)(F)F)[SiH](C)C. The summed E-state index contributed by atoms with van der Waals surface area (Å²) in [5.41, 5.74) is 0. The first-order valence-corrected chi connectivity index (χ1v) is 11.0. The molecule has 0 aliphatic carbocycles. The van der Waals surface area contributed by atoms with Crippen LogP contribution in [0.3, 0.4) is 0 Å². The first-order valence-electron chi connectivity index (χ1n) is 8.02. The van der Waals surface area contributed by atoms with Crippen LogP contribution in [0.1, 0.15) is 6.92 Å². The molecule has 0 spiro atoms. The number of hydrogen-bond donors (Lipinski definition) is 1. The lowest BCUT2D eigenvalue weighted by Gasteiger charge is -2.39. The van der Waals surface area contributed by atoms with Crippen molar-refractivity contribution >= 4 is 14.9 Å². The smallest absolute Gasteiger partial charge is 0.443 e. The van der Waals surface area contributed by atoms with Crippen LogP contribution < -0.4 is 5.32 Å². The zero-order valence-corrected chi connectivity index (χ0v) is 16.9. The number of amides is 1. The Morgan fingerprint density at radius 1 is 0.806 bits per heavy atom. The molecule has 0 aliphatic heterocycles. The summed E-state index contributed by atoms with van der Waals surface area (Å²) in [5, 5.41) is 1.75. The second-order valence-corrected chi connectivity index (χ2v) is 9.43. The normalized spacial score (nSPS) is 15.8. The monoisotopic (exact) mass is 509 g/mol. The van der Waals surface area contributed by atoms with Crippen molar-refractivity contribution in [1.82, 2.24) is 5.32 Å². The highest BCUT2D eigenvalue weighted by Gasteiger charge is 2.90. The minimum atomic E-state index is -8.00. The molecule has 0 aromatic rings. The number of alkyl carbamates (subject to hydrolysis) is 1. The Morgan fingerprint density at radius 2 is 1.23 bits per heavy atom. The molecule has 31 heavy (non-hydrogen) atoms. The molecule has 0 rings (SSSR count). The second-order valence-electron chi connectivity index (χ2n) is 6.34. The fourth-order valence-electron chi connectivity index (χ4n) is 1.79. The molecule has 0 saturated heterocycles. The molecule has 0 aromatic carbocycles. The second kappa shape index (κ2) is 9.19. The van der Waals surface area contributed by atoms with Gasteiger partial charge in [0.05, 0.1) is 8.80 Å². The van der Waals surface area contributed by atoms with Crippen LogP contribution >= 0.6 is 0 Å². The van der Waals surface area contributed by atoms with E-state index in [1.54, 1.807) is 18.4 Å². The Labute approximate surface area is 167 Å². The van der Waals surface area contributed by atoms with E-state index >= 15 is 0 Å². The van der Waals surface area contributed by atoms with Crippen LogP contribution in [0.2, 0.25) is 13.1 Å². The van der Waals surface area contributed by atoms with Gasteiger partial charge in [-0.2, -0.15) is 57.1 Å². The summed E-state index contributed by atoms with van der Waals surface area (Å²) in [7, 11) is -1.92. The highest BCUT2D eigenvalue weighted by atomic mass is 28.3. The molecule has 0 radical (unpaired) electrons. The van der Waals surface area contributed by atoms with Crippen LogP contribution in [0.5, 0.6) is 0 Å². The number of ether oxygens (including phenoxy) is 2. The molecule has 0 aromatic heterocycles. The van der Waals surface area contributed by atoms with Crippen molar-refractivity contribution in [2.45, 2.75) is 61.7 Å². The molecule has 1 N–H and O–H groups in total. The Kier molecular flexibility index (Phi) is 8.75. The van der Waals surface area contributed by atoms with E-state index in [2.05, 4.69) is 4.74 Å². The van der Waals surface area contributed by atoms with Gasteiger partial charge in [0.25, 0.3) is 0 Å². The van der Waals surface area contributed by atoms with Gasteiger partial charge in [0.15, 0.2) is 6.61 Å². The van der Waals surface area contributed by atoms with Crippen LogP contribution in [-0.2, 0) is 9.47 Å². The summed E-state index contributed by atoms with van der Waals surface area (Å²) in [4.78, 5) is 11.4. The van der Waals surface area contributed by atoms with Gasteiger partial charge < -0.3 is 9.47 Å². The third kappa shape index (κ3) is 5.48. The van der Waals surface area contributed by atoms with Gasteiger partial charge in [-0.1, -0.05) is 13.1 Å². The average Bonchev–Trinajstić information content (AvgIpc) is 2.57. The Balaban J connectivity index is 5.70.